The number of hydrogen-bond donors (Lipinski definition) is 1. The Labute approximate surface area is 277 Å². The molecule has 0 fully saturated rings. The normalized spacial score (nSPS) is 12.2. The van der Waals surface area contributed by atoms with Gasteiger partial charge in [-0.2, -0.15) is 0 Å². The van der Waals surface area contributed by atoms with E-state index in [2.05, 4.69) is 5.32 Å². The summed E-state index contributed by atoms with van der Waals surface area (Å²) in [5.41, 5.74) is 2.30. The number of nitrogens with one attached hydrogen (secondary N) is 1. The molecule has 1 N–H and O–H groups in total. The van der Waals surface area contributed by atoms with E-state index in [1.54, 1.807) is 30.3 Å². The van der Waals surface area contributed by atoms with E-state index >= 15 is 0 Å². The Morgan fingerprint density at radius 1 is 0.870 bits per heavy atom. The van der Waals surface area contributed by atoms with Crippen LogP contribution in [0, 0.1) is 6.92 Å². The molecule has 4 rings (SSSR count). The lowest BCUT2D eigenvalue weighted by Gasteiger charge is -2.35. The molecule has 0 aliphatic carbocycles. The zero-order valence-corrected chi connectivity index (χ0v) is 28.3. The van der Waals surface area contributed by atoms with Crippen molar-refractivity contribution in [1.29, 1.82) is 0 Å². The first kappa shape index (κ1) is 34.5. The van der Waals surface area contributed by atoms with Crippen LogP contribution in [0.25, 0.3) is 0 Å². The fourth-order valence-corrected chi connectivity index (χ4v) is 6.64. The molecule has 1 atom stereocenters. The number of carbonyl (C=O) groups is 2. The summed E-state index contributed by atoms with van der Waals surface area (Å²) < 4.78 is 34.6. The van der Waals surface area contributed by atoms with Gasteiger partial charge in [0.25, 0.3) is 10.0 Å². The van der Waals surface area contributed by atoms with E-state index in [0.29, 0.717) is 10.8 Å². The van der Waals surface area contributed by atoms with E-state index in [0.717, 1.165) is 21.0 Å². The van der Waals surface area contributed by atoms with Gasteiger partial charge in [-0.3, -0.25) is 13.9 Å². The van der Waals surface area contributed by atoms with Crippen LogP contribution in [0.4, 0.5) is 5.69 Å². The van der Waals surface area contributed by atoms with Crippen LogP contribution in [0.3, 0.4) is 0 Å². The highest BCUT2D eigenvalue weighted by atomic mass is 35.5. The minimum atomic E-state index is -4.27. The Morgan fingerprint density at radius 2 is 1.52 bits per heavy atom. The maximum Gasteiger partial charge on any atom is 0.264 e. The summed E-state index contributed by atoms with van der Waals surface area (Å²) in [6.45, 7) is 7.08. The number of anilines is 1. The summed E-state index contributed by atoms with van der Waals surface area (Å²) in [7, 11) is -2.78. The third-order valence-corrected chi connectivity index (χ3v) is 9.25. The first-order valence-corrected chi connectivity index (χ1v) is 16.7. The second kappa shape index (κ2) is 14.8. The van der Waals surface area contributed by atoms with Crippen molar-refractivity contribution >= 4 is 39.1 Å². The second-order valence-electron chi connectivity index (χ2n) is 12.1. The van der Waals surface area contributed by atoms with E-state index in [1.165, 1.54) is 30.2 Å². The van der Waals surface area contributed by atoms with Crippen LogP contribution in [0.1, 0.15) is 37.5 Å². The molecule has 0 bridgehead atoms. The van der Waals surface area contributed by atoms with Crippen LogP contribution in [-0.2, 0) is 32.6 Å². The van der Waals surface area contributed by atoms with Crippen LogP contribution in [0.15, 0.2) is 108 Å². The summed E-state index contributed by atoms with van der Waals surface area (Å²) in [4.78, 5) is 30.0. The minimum Gasteiger partial charge on any atom is -0.497 e. The molecule has 0 saturated carbocycles. The Bertz CT molecular complexity index is 1760. The van der Waals surface area contributed by atoms with Crippen LogP contribution in [0.2, 0.25) is 5.02 Å². The number of benzene rings is 4. The molecule has 46 heavy (non-hydrogen) atoms. The number of sulfonamides is 1. The fraction of sp³-hybridized carbons (Fsp3) is 0.278. The van der Waals surface area contributed by atoms with E-state index < -0.39 is 34.1 Å². The first-order valence-electron chi connectivity index (χ1n) is 14.9. The topological polar surface area (TPSA) is 96.0 Å². The summed E-state index contributed by atoms with van der Waals surface area (Å²) in [5.74, 6) is -0.407. The number of ether oxygens (including phenoxy) is 1. The van der Waals surface area contributed by atoms with Gasteiger partial charge >= 0.3 is 0 Å². The van der Waals surface area contributed by atoms with Gasteiger partial charge in [0.05, 0.1) is 17.7 Å². The molecule has 8 nitrogen and oxygen atoms in total. The van der Waals surface area contributed by atoms with Gasteiger partial charge in [-0.25, -0.2) is 8.42 Å². The lowest BCUT2D eigenvalue weighted by molar-refractivity contribution is -0.140. The van der Waals surface area contributed by atoms with Gasteiger partial charge in [0.1, 0.15) is 18.3 Å². The predicted molar refractivity (Wildman–Crippen MR) is 183 cm³/mol. The SMILES string of the molecule is COc1ccc(S(=O)(=O)N(CC(=O)N(Cc2cccc(C)c2)[C@@H](Cc2ccccc2)C(=O)NC(C)(C)C)c2cccc(Cl)c2)cc1. The predicted octanol–water partition coefficient (Wildman–Crippen LogP) is 6.41. The van der Waals surface area contributed by atoms with Crippen molar-refractivity contribution in [3.05, 3.63) is 125 Å². The van der Waals surface area contributed by atoms with Crippen molar-refractivity contribution in [2.75, 3.05) is 18.0 Å². The van der Waals surface area contributed by atoms with Gasteiger partial charge < -0.3 is 15.0 Å². The molecule has 0 saturated heterocycles. The molecule has 0 unspecified atom stereocenters. The summed E-state index contributed by atoms with van der Waals surface area (Å²) in [6, 6.07) is 28.4. The van der Waals surface area contributed by atoms with E-state index in [9.17, 15) is 18.0 Å². The average molecular weight is 662 g/mol. The van der Waals surface area contributed by atoms with Crippen molar-refractivity contribution in [2.24, 2.45) is 0 Å². The number of hydrogen-bond acceptors (Lipinski definition) is 5. The third kappa shape index (κ3) is 9.11. The van der Waals surface area contributed by atoms with Crippen molar-refractivity contribution < 1.29 is 22.7 Å². The summed E-state index contributed by atoms with van der Waals surface area (Å²) in [5, 5.41) is 3.35. The molecule has 10 heteroatoms. The molecular formula is C36H40ClN3O5S. The highest BCUT2D eigenvalue weighted by Crippen LogP contribution is 2.28. The minimum absolute atomic E-state index is 0.0300. The molecule has 2 amide bonds. The molecule has 4 aromatic carbocycles. The van der Waals surface area contributed by atoms with E-state index in [4.69, 9.17) is 16.3 Å². The molecule has 0 spiro atoms. The Morgan fingerprint density at radius 3 is 2.13 bits per heavy atom. The smallest absolute Gasteiger partial charge is 0.264 e. The number of carbonyl (C=O) groups excluding carboxylic acids is 2. The van der Waals surface area contributed by atoms with Crippen molar-refractivity contribution in [3.8, 4) is 5.75 Å². The summed E-state index contributed by atoms with van der Waals surface area (Å²) in [6.07, 6.45) is 0.225. The largest absolute Gasteiger partial charge is 0.497 e. The van der Waals surface area contributed by atoms with Gasteiger partial charge in [-0.15, -0.1) is 0 Å². The molecule has 0 heterocycles. The maximum absolute atomic E-state index is 14.6. The van der Waals surface area contributed by atoms with Gasteiger partial charge in [0, 0.05) is 23.5 Å². The van der Waals surface area contributed by atoms with Crippen molar-refractivity contribution in [3.63, 3.8) is 0 Å². The molecule has 0 aromatic heterocycles. The van der Waals surface area contributed by atoms with Crippen LogP contribution < -0.4 is 14.4 Å². The standard InChI is InChI=1S/C36H40ClN3O5S/c1-26-11-9-14-28(21-26)24-39(33(35(42)38-36(2,3)4)22-27-12-7-6-8-13-27)34(41)25-40(30-16-10-15-29(37)23-30)46(43,44)32-19-17-31(45-5)18-20-32/h6-21,23,33H,22,24-25H2,1-5H3,(H,38,42)/t33-/m0/s1. The third-order valence-electron chi connectivity index (χ3n) is 7.23. The fourth-order valence-electron chi connectivity index (χ4n) is 5.05. The number of aryl methyl sites for hydroxylation is 1. The molecule has 0 aliphatic heterocycles. The Hall–Kier alpha value is -4.34. The van der Waals surface area contributed by atoms with Gasteiger partial charge in [0.15, 0.2) is 0 Å². The van der Waals surface area contributed by atoms with Gasteiger partial charge in [-0.1, -0.05) is 77.8 Å². The van der Waals surface area contributed by atoms with Crippen LogP contribution in [-0.4, -0.2) is 50.4 Å². The van der Waals surface area contributed by atoms with Crippen LogP contribution in [0.5, 0.6) is 5.75 Å². The number of rotatable bonds is 12. The highest BCUT2D eigenvalue weighted by Gasteiger charge is 2.35. The number of amides is 2. The van der Waals surface area contributed by atoms with Crippen molar-refractivity contribution in [1.82, 2.24) is 10.2 Å². The number of methoxy groups -OCH3 is 1. The zero-order valence-electron chi connectivity index (χ0n) is 26.7. The number of nitrogens with zero attached hydrogens (tertiary/aromatic N) is 2. The molecule has 0 radical (unpaired) electrons. The highest BCUT2D eigenvalue weighted by molar-refractivity contribution is 7.92. The Kier molecular flexibility index (Phi) is 11.1. The molecule has 242 valence electrons. The Balaban J connectivity index is 1.82. The maximum atomic E-state index is 14.6. The quantitative estimate of drug-likeness (QED) is 0.189. The molecular weight excluding hydrogens is 622 g/mol. The lowest BCUT2D eigenvalue weighted by atomic mass is 10.0. The lowest BCUT2D eigenvalue weighted by Crippen LogP contribution is -2.56. The zero-order chi connectivity index (χ0) is 33.5. The number of halogens is 1. The average Bonchev–Trinajstić information content (AvgIpc) is 3.01. The molecule has 4 aromatic rings. The van der Waals surface area contributed by atoms with E-state index in [-0.39, 0.29) is 29.5 Å². The van der Waals surface area contributed by atoms with Crippen LogP contribution >= 0.6 is 11.6 Å². The van der Waals surface area contributed by atoms with Crippen molar-refractivity contribution in [2.45, 2.75) is 57.1 Å². The first-order chi connectivity index (χ1) is 21.8. The van der Waals surface area contributed by atoms with Gasteiger partial charge in [-0.05, 0) is 81.3 Å². The summed E-state index contributed by atoms with van der Waals surface area (Å²) >= 11 is 6.30. The monoisotopic (exact) mass is 661 g/mol. The second-order valence-corrected chi connectivity index (χ2v) is 14.4. The van der Waals surface area contributed by atoms with E-state index in [1.807, 2.05) is 82.3 Å². The van der Waals surface area contributed by atoms with Gasteiger partial charge in [0.2, 0.25) is 11.8 Å². The molecule has 0 aliphatic rings.